The average molecular weight is 339 g/mol. The van der Waals surface area contributed by atoms with Gasteiger partial charge in [-0.25, -0.2) is 0 Å². The molecule has 0 aliphatic heterocycles. The van der Waals surface area contributed by atoms with E-state index < -0.39 is 5.41 Å². The Bertz CT molecular complexity index is 512. The number of ketones is 1. The summed E-state index contributed by atoms with van der Waals surface area (Å²) in [6.45, 7) is 2.08. The third kappa shape index (κ3) is 2.95. The van der Waals surface area contributed by atoms with Gasteiger partial charge in [0.25, 0.3) is 0 Å². The Labute approximate surface area is 127 Å². The molecule has 0 radical (unpaired) electrons. The fourth-order valence-electron chi connectivity index (χ4n) is 2.80. The highest BCUT2D eigenvalue weighted by Gasteiger charge is 2.48. The fourth-order valence-corrected chi connectivity index (χ4v) is 3.23. The first kappa shape index (κ1) is 15.2. The van der Waals surface area contributed by atoms with Crippen molar-refractivity contribution in [1.82, 2.24) is 0 Å². The summed E-state index contributed by atoms with van der Waals surface area (Å²) in [6.07, 6.45) is 3.26. The van der Waals surface area contributed by atoms with E-state index in [4.69, 9.17) is 4.74 Å². The molecule has 0 bridgehead atoms. The Balaban J connectivity index is 2.34. The molecule has 0 N–H and O–H groups in total. The number of carbonyl (C=O) groups is 2. The zero-order valence-electron chi connectivity index (χ0n) is 11.7. The van der Waals surface area contributed by atoms with E-state index in [0.29, 0.717) is 25.9 Å². The minimum absolute atomic E-state index is 0.0259. The molecule has 1 aromatic rings. The summed E-state index contributed by atoms with van der Waals surface area (Å²) in [5, 5.41) is 0. The highest BCUT2D eigenvalue weighted by Crippen LogP contribution is 2.39. The lowest BCUT2D eigenvalue weighted by Gasteiger charge is -2.33. The van der Waals surface area contributed by atoms with Gasteiger partial charge in [0, 0.05) is 10.9 Å². The summed E-state index contributed by atoms with van der Waals surface area (Å²) in [6, 6.07) is 7.73. The molecule has 1 saturated carbocycles. The molecule has 0 amide bonds. The van der Waals surface area contributed by atoms with Crippen LogP contribution in [0.1, 0.15) is 38.2 Å². The van der Waals surface area contributed by atoms with Crippen molar-refractivity contribution in [3.8, 4) is 0 Å². The van der Waals surface area contributed by atoms with E-state index in [0.717, 1.165) is 22.9 Å². The maximum atomic E-state index is 12.4. The van der Waals surface area contributed by atoms with E-state index in [1.807, 2.05) is 24.3 Å². The summed E-state index contributed by atoms with van der Waals surface area (Å²) in [5.74, 6) is -0.335. The van der Waals surface area contributed by atoms with Gasteiger partial charge in [0.2, 0.25) is 0 Å². The van der Waals surface area contributed by atoms with Crippen LogP contribution in [-0.4, -0.2) is 18.4 Å². The zero-order valence-corrected chi connectivity index (χ0v) is 13.2. The van der Waals surface area contributed by atoms with Crippen molar-refractivity contribution in [2.75, 3.05) is 6.61 Å². The van der Waals surface area contributed by atoms with E-state index >= 15 is 0 Å². The molecule has 20 heavy (non-hydrogen) atoms. The maximum Gasteiger partial charge on any atom is 0.319 e. The monoisotopic (exact) mass is 338 g/mol. The standard InChI is InChI=1S/C16H19BrO3/c1-2-20-15(19)16(10-6-5-9-14(16)18)11-12-7-3-4-8-13(12)17/h3-4,7-8H,2,5-6,9-11H2,1H3. The molecular formula is C16H19BrO3. The van der Waals surface area contributed by atoms with E-state index in [1.165, 1.54) is 0 Å². The lowest BCUT2D eigenvalue weighted by molar-refractivity contribution is -0.162. The SMILES string of the molecule is CCOC(=O)C1(Cc2ccccc2Br)CCCCC1=O. The highest BCUT2D eigenvalue weighted by atomic mass is 79.9. The Morgan fingerprint density at radius 2 is 2.10 bits per heavy atom. The molecule has 0 aromatic heterocycles. The molecule has 1 atom stereocenters. The lowest BCUT2D eigenvalue weighted by atomic mass is 9.69. The molecule has 4 heteroatoms. The molecular weight excluding hydrogens is 320 g/mol. The molecule has 3 nitrogen and oxygen atoms in total. The van der Waals surface area contributed by atoms with Crippen molar-refractivity contribution in [1.29, 1.82) is 0 Å². The van der Waals surface area contributed by atoms with Crippen molar-refractivity contribution in [2.24, 2.45) is 5.41 Å². The van der Waals surface area contributed by atoms with Crippen LogP contribution < -0.4 is 0 Å². The summed E-state index contributed by atoms with van der Waals surface area (Å²) >= 11 is 3.49. The molecule has 108 valence electrons. The largest absolute Gasteiger partial charge is 0.465 e. The molecule has 1 aromatic carbocycles. The van der Waals surface area contributed by atoms with E-state index in [2.05, 4.69) is 15.9 Å². The first-order chi connectivity index (χ1) is 9.60. The van der Waals surface area contributed by atoms with Crippen LogP contribution in [0.4, 0.5) is 0 Å². The normalized spacial score (nSPS) is 22.6. The quantitative estimate of drug-likeness (QED) is 0.621. The van der Waals surface area contributed by atoms with Crippen molar-refractivity contribution < 1.29 is 14.3 Å². The molecule has 2 rings (SSSR count). The number of hydrogen-bond acceptors (Lipinski definition) is 3. The number of rotatable bonds is 4. The zero-order chi connectivity index (χ0) is 14.6. The van der Waals surface area contributed by atoms with Crippen LogP contribution in [0.2, 0.25) is 0 Å². The molecule has 1 aliphatic rings. The average Bonchev–Trinajstić information content (AvgIpc) is 2.44. The second-order valence-electron chi connectivity index (χ2n) is 5.20. The number of Topliss-reactive ketones (excluding diaryl/α,β-unsaturated/α-hetero) is 1. The number of carbonyl (C=O) groups excluding carboxylic acids is 2. The number of hydrogen-bond donors (Lipinski definition) is 0. The first-order valence-corrected chi connectivity index (χ1v) is 7.83. The number of halogens is 1. The molecule has 1 aliphatic carbocycles. The summed E-state index contributed by atoms with van der Waals surface area (Å²) < 4.78 is 6.12. The van der Waals surface area contributed by atoms with Crippen LogP contribution >= 0.6 is 15.9 Å². The lowest BCUT2D eigenvalue weighted by Crippen LogP contribution is -2.44. The van der Waals surface area contributed by atoms with E-state index in [-0.39, 0.29) is 11.8 Å². The summed E-state index contributed by atoms with van der Waals surface area (Å²) in [4.78, 5) is 24.8. The summed E-state index contributed by atoms with van der Waals surface area (Å²) in [7, 11) is 0. The molecule has 0 saturated heterocycles. The van der Waals surface area contributed by atoms with Crippen LogP contribution in [0, 0.1) is 5.41 Å². The topological polar surface area (TPSA) is 43.4 Å². The van der Waals surface area contributed by atoms with Crippen LogP contribution in [-0.2, 0) is 20.7 Å². The van der Waals surface area contributed by atoms with Gasteiger partial charge in [-0.1, -0.05) is 40.5 Å². The van der Waals surface area contributed by atoms with Gasteiger partial charge in [0.15, 0.2) is 5.78 Å². The summed E-state index contributed by atoms with van der Waals surface area (Å²) in [5.41, 5.74) is -0.00574. The number of ether oxygens (including phenoxy) is 1. The molecule has 1 fully saturated rings. The fraction of sp³-hybridized carbons (Fsp3) is 0.500. The number of benzene rings is 1. The second-order valence-corrected chi connectivity index (χ2v) is 6.06. The van der Waals surface area contributed by atoms with Crippen molar-refractivity contribution in [2.45, 2.75) is 39.0 Å². The van der Waals surface area contributed by atoms with Crippen LogP contribution in [0.25, 0.3) is 0 Å². The molecule has 0 heterocycles. The van der Waals surface area contributed by atoms with Gasteiger partial charge in [0.05, 0.1) is 6.61 Å². The van der Waals surface area contributed by atoms with Crippen molar-refractivity contribution >= 4 is 27.7 Å². The van der Waals surface area contributed by atoms with Crippen molar-refractivity contribution in [3.05, 3.63) is 34.3 Å². The van der Waals surface area contributed by atoms with E-state index in [9.17, 15) is 9.59 Å². The van der Waals surface area contributed by atoms with Gasteiger partial charge < -0.3 is 4.74 Å². The van der Waals surface area contributed by atoms with Crippen LogP contribution in [0.3, 0.4) is 0 Å². The Morgan fingerprint density at radius 1 is 1.35 bits per heavy atom. The van der Waals surface area contributed by atoms with Gasteiger partial charge in [0.1, 0.15) is 5.41 Å². The van der Waals surface area contributed by atoms with Gasteiger partial charge in [-0.3, -0.25) is 9.59 Å². The van der Waals surface area contributed by atoms with Crippen molar-refractivity contribution in [3.63, 3.8) is 0 Å². The van der Waals surface area contributed by atoms with Gasteiger partial charge >= 0.3 is 5.97 Å². The van der Waals surface area contributed by atoms with Crippen LogP contribution in [0.15, 0.2) is 28.7 Å². The van der Waals surface area contributed by atoms with Gasteiger partial charge in [-0.2, -0.15) is 0 Å². The van der Waals surface area contributed by atoms with E-state index in [1.54, 1.807) is 6.92 Å². The Hall–Kier alpha value is -1.16. The van der Waals surface area contributed by atoms with Crippen LogP contribution in [0.5, 0.6) is 0 Å². The third-order valence-corrected chi connectivity index (χ3v) is 4.68. The second kappa shape index (κ2) is 6.53. The molecule has 0 spiro atoms. The third-order valence-electron chi connectivity index (χ3n) is 3.91. The Kier molecular flexibility index (Phi) is 4.97. The first-order valence-electron chi connectivity index (χ1n) is 7.04. The Morgan fingerprint density at radius 3 is 2.75 bits per heavy atom. The highest BCUT2D eigenvalue weighted by molar-refractivity contribution is 9.10. The number of esters is 1. The minimum atomic E-state index is -0.988. The van der Waals surface area contributed by atoms with Gasteiger partial charge in [-0.15, -0.1) is 0 Å². The molecule has 1 unspecified atom stereocenters. The minimum Gasteiger partial charge on any atom is -0.465 e. The predicted octanol–water partition coefficient (Wildman–Crippen LogP) is 3.68. The van der Waals surface area contributed by atoms with Gasteiger partial charge in [-0.05, 0) is 37.8 Å². The predicted molar refractivity (Wildman–Crippen MR) is 80.4 cm³/mol. The smallest absolute Gasteiger partial charge is 0.319 e. The maximum absolute atomic E-state index is 12.4.